The van der Waals surface area contributed by atoms with Gasteiger partial charge in [-0.3, -0.25) is 0 Å². The molecular weight excluding hydrogens is 240 g/mol. The van der Waals surface area contributed by atoms with Crippen LogP contribution >= 0.6 is 0 Å². The number of piperidine rings is 1. The molecule has 0 amide bonds. The predicted octanol–water partition coefficient (Wildman–Crippen LogP) is 1.21. The maximum Gasteiger partial charge on any atom is 0.127 e. The molecule has 102 valence electrons. The van der Waals surface area contributed by atoms with Crippen LogP contribution in [0.25, 0.3) is 0 Å². The van der Waals surface area contributed by atoms with Crippen LogP contribution in [0.4, 0.5) is 5.82 Å². The minimum Gasteiger partial charge on any atom is -0.392 e. The van der Waals surface area contributed by atoms with E-state index < -0.39 is 0 Å². The predicted molar refractivity (Wildman–Crippen MR) is 73.7 cm³/mol. The Kier molecular flexibility index (Phi) is 5.13. The maximum absolute atomic E-state index is 9.57. The van der Waals surface area contributed by atoms with Gasteiger partial charge in [-0.1, -0.05) is 0 Å². The van der Waals surface area contributed by atoms with Crippen molar-refractivity contribution in [2.24, 2.45) is 0 Å². The van der Waals surface area contributed by atoms with Crippen LogP contribution in [0.15, 0.2) is 18.3 Å². The molecule has 0 saturated carbocycles. The van der Waals surface area contributed by atoms with E-state index in [1.54, 1.807) is 18.3 Å². The second-order valence-electron chi connectivity index (χ2n) is 4.92. The first-order valence-corrected chi connectivity index (χ1v) is 6.78. The summed E-state index contributed by atoms with van der Waals surface area (Å²) in [5.74, 6) is 0.748. The van der Waals surface area contributed by atoms with Crippen LogP contribution in [0, 0.1) is 11.3 Å². The lowest BCUT2D eigenvalue weighted by Crippen LogP contribution is -2.39. The third kappa shape index (κ3) is 4.51. The van der Waals surface area contributed by atoms with Crippen LogP contribution in [0.1, 0.15) is 24.8 Å². The Bertz CT molecular complexity index is 443. The first kappa shape index (κ1) is 13.8. The highest BCUT2D eigenvalue weighted by atomic mass is 16.3. The molecule has 0 radical (unpaired) electrons. The van der Waals surface area contributed by atoms with E-state index in [0.717, 1.165) is 51.3 Å². The first-order valence-electron chi connectivity index (χ1n) is 6.78. The Hall–Kier alpha value is -1.64. The molecule has 2 heterocycles. The van der Waals surface area contributed by atoms with Crippen molar-refractivity contribution >= 4 is 5.82 Å². The van der Waals surface area contributed by atoms with E-state index in [9.17, 15) is 5.11 Å². The number of pyridine rings is 1. The normalized spacial score (nSPS) is 19.9. The lowest BCUT2D eigenvalue weighted by atomic mass is 10.1. The summed E-state index contributed by atoms with van der Waals surface area (Å²) in [6.45, 7) is 3.69. The summed E-state index contributed by atoms with van der Waals surface area (Å²) in [5, 5.41) is 21.6. The third-order valence-corrected chi connectivity index (χ3v) is 3.33. The maximum atomic E-state index is 9.57. The summed E-state index contributed by atoms with van der Waals surface area (Å²) in [7, 11) is 0. The van der Waals surface area contributed by atoms with E-state index in [-0.39, 0.29) is 6.10 Å². The lowest BCUT2D eigenvalue weighted by molar-refractivity contribution is 0.0706. The van der Waals surface area contributed by atoms with Gasteiger partial charge in [-0.25, -0.2) is 4.98 Å². The van der Waals surface area contributed by atoms with Gasteiger partial charge in [0.05, 0.1) is 17.7 Å². The number of nitrogens with zero attached hydrogens (tertiary/aromatic N) is 3. The van der Waals surface area contributed by atoms with Crippen molar-refractivity contribution in [3.63, 3.8) is 0 Å². The molecule has 0 unspecified atom stereocenters. The van der Waals surface area contributed by atoms with Crippen LogP contribution in [-0.4, -0.2) is 47.3 Å². The average Bonchev–Trinajstić information content (AvgIpc) is 2.44. The minimum atomic E-state index is -0.157. The number of likely N-dealkylation sites (tertiary alicyclic amines) is 1. The molecule has 1 fully saturated rings. The number of hydrogen-bond donors (Lipinski definition) is 2. The summed E-state index contributed by atoms with van der Waals surface area (Å²) >= 11 is 0. The molecule has 1 saturated heterocycles. The molecule has 1 aromatic rings. The third-order valence-electron chi connectivity index (χ3n) is 3.33. The van der Waals surface area contributed by atoms with Gasteiger partial charge >= 0.3 is 0 Å². The van der Waals surface area contributed by atoms with Crippen LogP contribution in [-0.2, 0) is 0 Å². The quantitative estimate of drug-likeness (QED) is 0.779. The summed E-state index contributed by atoms with van der Waals surface area (Å²) in [4.78, 5) is 6.47. The molecule has 19 heavy (non-hydrogen) atoms. The monoisotopic (exact) mass is 260 g/mol. The average molecular weight is 260 g/mol. The number of β-amino-alcohol motifs (C(OH)–C–C–N with tert-alkyl or cyclic N) is 1. The summed E-state index contributed by atoms with van der Waals surface area (Å²) in [6, 6.07) is 5.55. The Morgan fingerprint density at radius 3 is 3.26 bits per heavy atom. The second kappa shape index (κ2) is 7.07. The van der Waals surface area contributed by atoms with Gasteiger partial charge in [0, 0.05) is 19.3 Å². The summed E-state index contributed by atoms with van der Waals surface area (Å²) in [6.07, 6.45) is 4.50. The molecule has 0 bridgehead atoms. The van der Waals surface area contributed by atoms with Crippen LogP contribution in [0.5, 0.6) is 0 Å². The molecule has 2 rings (SSSR count). The fraction of sp³-hybridized carbons (Fsp3) is 0.571. The van der Waals surface area contributed by atoms with E-state index in [0.29, 0.717) is 5.56 Å². The van der Waals surface area contributed by atoms with Gasteiger partial charge in [-0.2, -0.15) is 5.26 Å². The smallest absolute Gasteiger partial charge is 0.127 e. The number of hydrogen-bond acceptors (Lipinski definition) is 5. The fourth-order valence-electron chi connectivity index (χ4n) is 2.35. The molecule has 1 aromatic heterocycles. The van der Waals surface area contributed by atoms with Crippen molar-refractivity contribution in [1.29, 1.82) is 5.26 Å². The Morgan fingerprint density at radius 2 is 2.47 bits per heavy atom. The van der Waals surface area contributed by atoms with E-state index >= 15 is 0 Å². The van der Waals surface area contributed by atoms with Crippen molar-refractivity contribution in [2.75, 3.05) is 31.5 Å². The SMILES string of the molecule is N#Cc1ccnc(NCCCN2CCC[C@@H](O)C2)c1. The Balaban J connectivity index is 1.67. The zero-order valence-electron chi connectivity index (χ0n) is 11.0. The van der Waals surface area contributed by atoms with Crippen LogP contribution in [0.3, 0.4) is 0 Å². The van der Waals surface area contributed by atoms with Gasteiger partial charge in [0.25, 0.3) is 0 Å². The standard InChI is InChI=1S/C14H20N4O/c15-10-12-4-6-17-14(9-12)16-5-2-8-18-7-1-3-13(19)11-18/h4,6,9,13,19H,1-3,5,7-8,11H2,(H,16,17)/t13-/m1/s1. The van der Waals surface area contributed by atoms with E-state index in [1.807, 2.05) is 0 Å². The number of nitriles is 1. The van der Waals surface area contributed by atoms with E-state index in [1.165, 1.54) is 0 Å². The Morgan fingerprint density at radius 1 is 1.58 bits per heavy atom. The van der Waals surface area contributed by atoms with Crippen molar-refractivity contribution in [1.82, 2.24) is 9.88 Å². The number of aromatic nitrogens is 1. The van der Waals surface area contributed by atoms with Crippen LogP contribution < -0.4 is 5.32 Å². The van der Waals surface area contributed by atoms with Crippen LogP contribution in [0.2, 0.25) is 0 Å². The molecule has 5 heteroatoms. The largest absolute Gasteiger partial charge is 0.392 e. The fourth-order valence-corrected chi connectivity index (χ4v) is 2.35. The zero-order chi connectivity index (χ0) is 13.5. The van der Waals surface area contributed by atoms with Gasteiger partial charge in [0.2, 0.25) is 0 Å². The number of rotatable bonds is 5. The van der Waals surface area contributed by atoms with Gasteiger partial charge in [-0.05, 0) is 44.5 Å². The number of aliphatic hydroxyl groups is 1. The number of anilines is 1. The van der Waals surface area contributed by atoms with Gasteiger partial charge in [0.15, 0.2) is 0 Å². The first-order chi connectivity index (χ1) is 9.28. The minimum absolute atomic E-state index is 0.157. The summed E-state index contributed by atoms with van der Waals surface area (Å²) in [5.41, 5.74) is 0.622. The van der Waals surface area contributed by atoms with Crippen molar-refractivity contribution < 1.29 is 5.11 Å². The Labute approximate surface area is 113 Å². The molecule has 5 nitrogen and oxygen atoms in total. The zero-order valence-corrected chi connectivity index (χ0v) is 11.0. The number of nitrogens with one attached hydrogen (secondary N) is 1. The molecule has 1 aliphatic heterocycles. The summed E-state index contributed by atoms with van der Waals surface area (Å²) < 4.78 is 0. The molecule has 2 N–H and O–H groups in total. The van der Waals surface area contributed by atoms with E-state index in [4.69, 9.17) is 5.26 Å². The highest BCUT2D eigenvalue weighted by Gasteiger charge is 2.16. The lowest BCUT2D eigenvalue weighted by Gasteiger charge is -2.29. The molecule has 0 spiro atoms. The highest BCUT2D eigenvalue weighted by molar-refractivity contribution is 5.42. The second-order valence-corrected chi connectivity index (χ2v) is 4.92. The molecular formula is C14H20N4O. The molecule has 1 atom stereocenters. The topological polar surface area (TPSA) is 72.2 Å². The van der Waals surface area contributed by atoms with Gasteiger partial charge < -0.3 is 15.3 Å². The molecule has 0 aromatic carbocycles. The highest BCUT2D eigenvalue weighted by Crippen LogP contribution is 2.10. The molecule has 1 aliphatic rings. The van der Waals surface area contributed by atoms with Crippen molar-refractivity contribution in [3.05, 3.63) is 23.9 Å². The van der Waals surface area contributed by atoms with Gasteiger partial charge in [-0.15, -0.1) is 0 Å². The van der Waals surface area contributed by atoms with Crippen molar-refractivity contribution in [3.8, 4) is 6.07 Å². The van der Waals surface area contributed by atoms with Crippen molar-refractivity contribution in [2.45, 2.75) is 25.4 Å². The number of aliphatic hydroxyl groups excluding tert-OH is 1. The van der Waals surface area contributed by atoms with Gasteiger partial charge in [0.1, 0.15) is 5.82 Å². The van der Waals surface area contributed by atoms with E-state index in [2.05, 4.69) is 21.3 Å². The molecule has 0 aliphatic carbocycles.